The minimum Gasteiger partial charge on any atom is -0.366 e. The number of morpholine rings is 1. The first-order chi connectivity index (χ1) is 10.3. The van der Waals surface area contributed by atoms with Crippen molar-refractivity contribution in [3.8, 4) is 0 Å². The summed E-state index contributed by atoms with van der Waals surface area (Å²) in [6.45, 7) is 2.61. The molecule has 0 aliphatic carbocycles. The smallest absolute Gasteiger partial charge is 0.253 e. The fourth-order valence-corrected chi connectivity index (χ4v) is 2.73. The third-order valence-electron chi connectivity index (χ3n) is 3.87. The first kappa shape index (κ1) is 16.7. The van der Waals surface area contributed by atoms with Gasteiger partial charge in [0.15, 0.2) is 0 Å². The summed E-state index contributed by atoms with van der Waals surface area (Å²) in [5.74, 6) is 0.0372. The maximum Gasteiger partial charge on any atom is 0.253 e. The van der Waals surface area contributed by atoms with E-state index in [1.54, 1.807) is 4.90 Å². The van der Waals surface area contributed by atoms with Gasteiger partial charge in [0, 0.05) is 26.7 Å². The highest BCUT2D eigenvalue weighted by Gasteiger charge is 2.25. The molecule has 1 amide bonds. The van der Waals surface area contributed by atoms with Crippen molar-refractivity contribution in [3.63, 3.8) is 0 Å². The van der Waals surface area contributed by atoms with E-state index in [2.05, 4.69) is 29.6 Å². The number of rotatable bonds is 3. The molecule has 1 saturated heterocycles. The van der Waals surface area contributed by atoms with Gasteiger partial charge >= 0.3 is 0 Å². The van der Waals surface area contributed by atoms with E-state index in [9.17, 15) is 4.79 Å². The number of carbonyl (C=O) groups is 1. The molecular formula is C17H21ClN2O2. The Balaban J connectivity index is 0.00000176. The molecule has 0 radical (unpaired) electrons. The Labute approximate surface area is 136 Å². The second-order valence-electron chi connectivity index (χ2n) is 5.40. The van der Waals surface area contributed by atoms with E-state index in [0.717, 1.165) is 12.1 Å². The third kappa shape index (κ3) is 3.58. The van der Waals surface area contributed by atoms with Gasteiger partial charge in [-0.3, -0.25) is 4.79 Å². The Kier molecular flexibility index (Phi) is 5.77. The molecule has 0 bridgehead atoms. The highest BCUT2D eigenvalue weighted by atomic mass is 35.5. The molecule has 0 aromatic heterocycles. The van der Waals surface area contributed by atoms with Gasteiger partial charge in [-0.25, -0.2) is 0 Å². The molecular weight excluding hydrogens is 300 g/mol. The maximum atomic E-state index is 12.4. The molecule has 1 atom stereocenters. The zero-order valence-corrected chi connectivity index (χ0v) is 13.4. The molecule has 3 rings (SSSR count). The topological polar surface area (TPSA) is 41.6 Å². The van der Waals surface area contributed by atoms with Gasteiger partial charge < -0.3 is 15.0 Å². The molecule has 4 nitrogen and oxygen atoms in total. The lowest BCUT2D eigenvalue weighted by atomic mass is 10.0. The van der Waals surface area contributed by atoms with Crippen molar-refractivity contribution in [3.05, 3.63) is 48.0 Å². The highest BCUT2D eigenvalue weighted by molar-refractivity contribution is 5.86. The number of fused-ring (bicyclic) bond motifs is 1. The average molecular weight is 321 g/mol. The molecule has 118 valence electrons. The van der Waals surface area contributed by atoms with Crippen LogP contribution in [0.5, 0.6) is 0 Å². The van der Waals surface area contributed by atoms with Crippen molar-refractivity contribution in [2.24, 2.45) is 0 Å². The number of amides is 1. The maximum absolute atomic E-state index is 12.4. The quantitative estimate of drug-likeness (QED) is 0.942. The Morgan fingerprint density at radius 1 is 1.27 bits per heavy atom. The first-order valence-electron chi connectivity index (χ1n) is 7.29. The van der Waals surface area contributed by atoms with Crippen LogP contribution in [0, 0.1) is 0 Å². The zero-order chi connectivity index (χ0) is 14.7. The van der Waals surface area contributed by atoms with Crippen LogP contribution in [-0.2, 0) is 16.1 Å². The van der Waals surface area contributed by atoms with Gasteiger partial charge in [-0.2, -0.15) is 0 Å². The summed E-state index contributed by atoms with van der Waals surface area (Å²) in [5, 5.41) is 5.59. The van der Waals surface area contributed by atoms with Crippen LogP contribution in [-0.4, -0.2) is 43.7 Å². The number of carbonyl (C=O) groups excluding carboxylic acids is 1. The molecule has 0 saturated carbocycles. The molecule has 5 heteroatoms. The van der Waals surface area contributed by atoms with Crippen LogP contribution in [0.4, 0.5) is 0 Å². The number of hydrogen-bond donors (Lipinski definition) is 1. The molecule has 1 aliphatic rings. The Morgan fingerprint density at radius 2 is 2.05 bits per heavy atom. The average Bonchev–Trinajstić information content (AvgIpc) is 2.55. The van der Waals surface area contributed by atoms with Crippen molar-refractivity contribution >= 4 is 29.1 Å². The van der Waals surface area contributed by atoms with Crippen molar-refractivity contribution < 1.29 is 9.53 Å². The normalized spacial score (nSPS) is 17.8. The monoisotopic (exact) mass is 320 g/mol. The lowest BCUT2D eigenvalue weighted by Crippen LogP contribution is -2.48. The highest BCUT2D eigenvalue weighted by Crippen LogP contribution is 2.20. The van der Waals surface area contributed by atoms with Crippen molar-refractivity contribution in [1.29, 1.82) is 0 Å². The van der Waals surface area contributed by atoms with Crippen molar-refractivity contribution in [2.75, 3.05) is 26.7 Å². The summed E-state index contributed by atoms with van der Waals surface area (Å²) < 4.78 is 5.53. The van der Waals surface area contributed by atoms with Gasteiger partial charge in [-0.15, -0.1) is 12.4 Å². The van der Waals surface area contributed by atoms with Crippen LogP contribution in [0.15, 0.2) is 42.5 Å². The standard InChI is InChI=1S/C17H20N2O2.ClH/c1-19(17(20)16-11-18-9-10-21-16)12-14-7-4-6-13-5-2-3-8-15(13)14;/h2-8,16,18H,9-12H2,1H3;1H. The van der Waals surface area contributed by atoms with Gasteiger partial charge in [0.05, 0.1) is 6.61 Å². The SMILES string of the molecule is CN(Cc1cccc2ccccc12)C(=O)C1CNCCO1.Cl. The Hall–Kier alpha value is -1.62. The van der Waals surface area contributed by atoms with E-state index in [0.29, 0.717) is 19.7 Å². The van der Waals surface area contributed by atoms with Gasteiger partial charge in [0.25, 0.3) is 5.91 Å². The minimum atomic E-state index is -0.362. The molecule has 1 heterocycles. The number of nitrogens with zero attached hydrogens (tertiary/aromatic N) is 1. The third-order valence-corrected chi connectivity index (χ3v) is 3.87. The Bertz CT molecular complexity index is 636. The van der Waals surface area contributed by atoms with E-state index < -0.39 is 0 Å². The van der Waals surface area contributed by atoms with Crippen LogP contribution < -0.4 is 5.32 Å². The van der Waals surface area contributed by atoms with Crippen molar-refractivity contribution in [2.45, 2.75) is 12.6 Å². The van der Waals surface area contributed by atoms with Crippen LogP contribution in [0.3, 0.4) is 0 Å². The number of ether oxygens (including phenoxy) is 1. The number of likely N-dealkylation sites (N-methyl/N-ethyl adjacent to an activating group) is 1. The fraction of sp³-hybridized carbons (Fsp3) is 0.353. The predicted octanol–water partition coefficient (Wildman–Crippen LogP) is 2.21. The van der Waals surface area contributed by atoms with Gasteiger partial charge in [0.1, 0.15) is 6.10 Å². The first-order valence-corrected chi connectivity index (χ1v) is 7.29. The van der Waals surface area contributed by atoms with Crippen molar-refractivity contribution in [1.82, 2.24) is 10.2 Å². The summed E-state index contributed by atoms with van der Waals surface area (Å²) in [7, 11) is 1.84. The van der Waals surface area contributed by atoms with Crippen LogP contribution in [0.25, 0.3) is 10.8 Å². The summed E-state index contributed by atoms with van der Waals surface area (Å²) in [5.41, 5.74) is 1.16. The van der Waals surface area contributed by atoms with Crippen LogP contribution >= 0.6 is 12.4 Å². The van der Waals surface area contributed by atoms with E-state index in [-0.39, 0.29) is 24.4 Å². The summed E-state index contributed by atoms with van der Waals surface area (Å²) in [4.78, 5) is 14.1. The number of nitrogens with one attached hydrogen (secondary N) is 1. The molecule has 1 N–H and O–H groups in total. The van der Waals surface area contributed by atoms with Gasteiger partial charge in [0.2, 0.25) is 0 Å². The van der Waals surface area contributed by atoms with E-state index in [4.69, 9.17) is 4.74 Å². The lowest BCUT2D eigenvalue weighted by Gasteiger charge is -2.27. The van der Waals surface area contributed by atoms with Gasteiger partial charge in [-0.05, 0) is 16.3 Å². The largest absolute Gasteiger partial charge is 0.366 e. The second-order valence-corrected chi connectivity index (χ2v) is 5.40. The molecule has 2 aromatic carbocycles. The Morgan fingerprint density at radius 3 is 2.82 bits per heavy atom. The van der Waals surface area contributed by atoms with Gasteiger partial charge in [-0.1, -0.05) is 42.5 Å². The van der Waals surface area contributed by atoms with Crippen LogP contribution in [0.1, 0.15) is 5.56 Å². The summed E-state index contributed by atoms with van der Waals surface area (Å²) >= 11 is 0. The van der Waals surface area contributed by atoms with Crippen LogP contribution in [0.2, 0.25) is 0 Å². The minimum absolute atomic E-state index is 0. The molecule has 1 fully saturated rings. The lowest BCUT2D eigenvalue weighted by molar-refractivity contribution is -0.144. The second kappa shape index (κ2) is 7.58. The molecule has 1 unspecified atom stereocenters. The molecule has 0 spiro atoms. The molecule has 2 aromatic rings. The predicted molar refractivity (Wildman–Crippen MR) is 90.3 cm³/mol. The van der Waals surface area contributed by atoms with E-state index in [1.165, 1.54) is 10.8 Å². The van der Waals surface area contributed by atoms with E-state index >= 15 is 0 Å². The fourth-order valence-electron chi connectivity index (χ4n) is 2.73. The molecule has 1 aliphatic heterocycles. The summed E-state index contributed by atoms with van der Waals surface area (Å²) in [6, 6.07) is 14.5. The van der Waals surface area contributed by atoms with E-state index in [1.807, 2.05) is 25.2 Å². The summed E-state index contributed by atoms with van der Waals surface area (Å²) in [6.07, 6.45) is -0.362. The zero-order valence-electron chi connectivity index (χ0n) is 12.6. The number of benzene rings is 2. The number of hydrogen-bond acceptors (Lipinski definition) is 3. The molecule has 22 heavy (non-hydrogen) atoms. The number of halogens is 1.